The van der Waals surface area contributed by atoms with Crippen molar-refractivity contribution in [1.82, 2.24) is 10.6 Å². The van der Waals surface area contributed by atoms with Crippen molar-refractivity contribution < 1.29 is 18.8 Å². The predicted octanol–water partition coefficient (Wildman–Crippen LogP) is 3.88. The fraction of sp³-hybridized carbons (Fsp3) is 0.696. The van der Waals surface area contributed by atoms with E-state index in [0.29, 0.717) is 13.0 Å². The predicted molar refractivity (Wildman–Crippen MR) is 117 cm³/mol. The smallest absolute Gasteiger partial charge is 0.242 e. The minimum absolute atomic E-state index is 0.0428. The quantitative estimate of drug-likeness (QED) is 0.331. The van der Waals surface area contributed by atoms with Gasteiger partial charge in [0, 0.05) is 24.9 Å². The third kappa shape index (κ3) is 11.6. The molecule has 1 rings (SSSR count). The lowest BCUT2D eigenvalue weighted by Gasteiger charge is -2.18. The minimum atomic E-state index is -0.768. The summed E-state index contributed by atoms with van der Waals surface area (Å²) in [5.41, 5.74) is 6.09. The largest absolute Gasteiger partial charge is 0.469 e. The second-order valence-corrected chi connectivity index (χ2v) is 7.92. The number of nitrogens with one attached hydrogen (secondary N) is 2. The van der Waals surface area contributed by atoms with Gasteiger partial charge in [0.2, 0.25) is 17.7 Å². The Morgan fingerprint density at radius 3 is 2.20 bits per heavy atom. The van der Waals surface area contributed by atoms with Gasteiger partial charge in [0.15, 0.2) is 0 Å². The number of nitrogens with two attached hydrogens (primary N) is 1. The van der Waals surface area contributed by atoms with Gasteiger partial charge in [0.25, 0.3) is 0 Å². The van der Waals surface area contributed by atoms with Gasteiger partial charge in [-0.1, -0.05) is 58.3 Å². The molecule has 30 heavy (non-hydrogen) atoms. The highest BCUT2D eigenvalue weighted by molar-refractivity contribution is 5.88. The summed E-state index contributed by atoms with van der Waals surface area (Å²) in [6.07, 6.45) is 12.8. The molecule has 1 atom stereocenters. The maximum atomic E-state index is 12.5. The van der Waals surface area contributed by atoms with Crippen molar-refractivity contribution in [3.63, 3.8) is 0 Å². The highest BCUT2D eigenvalue weighted by Gasteiger charge is 2.21. The zero-order valence-electron chi connectivity index (χ0n) is 18.6. The molecule has 0 unspecified atom stereocenters. The van der Waals surface area contributed by atoms with Gasteiger partial charge in [-0.25, -0.2) is 0 Å². The summed E-state index contributed by atoms with van der Waals surface area (Å²) in [6, 6.07) is 1.02. The topological polar surface area (TPSA) is 114 Å². The highest BCUT2D eigenvalue weighted by atomic mass is 16.3. The van der Waals surface area contributed by atoms with Crippen LogP contribution in [0.2, 0.25) is 0 Å². The number of aryl methyl sites for hydroxylation is 1. The van der Waals surface area contributed by atoms with Crippen LogP contribution in [-0.4, -0.2) is 23.8 Å². The molecular formula is C23H39N3O4. The molecule has 0 radical (unpaired) electrons. The number of rotatable bonds is 17. The Morgan fingerprint density at radius 2 is 1.63 bits per heavy atom. The molecular weight excluding hydrogens is 382 g/mol. The van der Waals surface area contributed by atoms with Crippen LogP contribution in [0.25, 0.3) is 0 Å². The van der Waals surface area contributed by atoms with Crippen LogP contribution in [0.3, 0.4) is 0 Å². The van der Waals surface area contributed by atoms with E-state index in [1.807, 2.05) is 6.92 Å². The van der Waals surface area contributed by atoms with Crippen molar-refractivity contribution >= 4 is 17.7 Å². The number of unbranched alkanes of at least 4 members (excludes halogenated alkanes) is 8. The van der Waals surface area contributed by atoms with Crippen molar-refractivity contribution in [2.75, 3.05) is 0 Å². The summed E-state index contributed by atoms with van der Waals surface area (Å²) in [5, 5.41) is 5.55. The molecule has 0 aliphatic heterocycles. The number of hydrogen-bond acceptors (Lipinski definition) is 4. The lowest BCUT2D eigenvalue weighted by molar-refractivity contribution is -0.129. The molecule has 0 bridgehead atoms. The molecule has 0 aromatic carbocycles. The Hall–Kier alpha value is -2.31. The molecule has 0 spiro atoms. The van der Waals surface area contributed by atoms with Gasteiger partial charge < -0.3 is 20.8 Å². The van der Waals surface area contributed by atoms with Crippen LogP contribution < -0.4 is 16.4 Å². The number of amides is 3. The van der Waals surface area contributed by atoms with Crippen molar-refractivity contribution in [2.45, 2.75) is 103 Å². The van der Waals surface area contributed by atoms with Crippen molar-refractivity contribution in [1.29, 1.82) is 0 Å². The number of carbonyl (C=O) groups is 3. The van der Waals surface area contributed by atoms with E-state index in [2.05, 4.69) is 17.6 Å². The van der Waals surface area contributed by atoms with Crippen LogP contribution in [0, 0.1) is 6.92 Å². The Balaban J connectivity index is 2.32. The van der Waals surface area contributed by atoms with Gasteiger partial charge in [-0.2, -0.15) is 0 Å². The van der Waals surface area contributed by atoms with Gasteiger partial charge in [-0.15, -0.1) is 0 Å². The van der Waals surface area contributed by atoms with E-state index in [-0.39, 0.29) is 24.7 Å². The lowest BCUT2D eigenvalue weighted by Crippen LogP contribution is -2.47. The fourth-order valence-corrected chi connectivity index (χ4v) is 3.32. The number of furan rings is 1. The summed E-state index contributed by atoms with van der Waals surface area (Å²) in [6.45, 7) is 4.34. The van der Waals surface area contributed by atoms with E-state index in [1.165, 1.54) is 38.5 Å². The Bertz CT molecular complexity index is 642. The van der Waals surface area contributed by atoms with Crippen molar-refractivity contribution in [3.8, 4) is 0 Å². The average molecular weight is 422 g/mol. The first-order chi connectivity index (χ1) is 14.4. The van der Waals surface area contributed by atoms with E-state index in [4.69, 9.17) is 10.2 Å². The van der Waals surface area contributed by atoms with E-state index >= 15 is 0 Å². The third-order valence-electron chi connectivity index (χ3n) is 5.26. The van der Waals surface area contributed by atoms with E-state index in [0.717, 1.165) is 30.6 Å². The summed E-state index contributed by atoms with van der Waals surface area (Å²) >= 11 is 0. The molecule has 3 amide bonds. The molecule has 0 saturated carbocycles. The van der Waals surface area contributed by atoms with E-state index < -0.39 is 11.9 Å². The Morgan fingerprint density at radius 1 is 1.00 bits per heavy atom. The van der Waals surface area contributed by atoms with E-state index in [9.17, 15) is 14.4 Å². The molecule has 170 valence electrons. The molecule has 7 heteroatoms. The Labute approximate surface area is 180 Å². The van der Waals surface area contributed by atoms with Gasteiger partial charge in [-0.05, 0) is 25.8 Å². The van der Waals surface area contributed by atoms with Gasteiger partial charge in [-0.3, -0.25) is 14.4 Å². The van der Waals surface area contributed by atoms with E-state index in [1.54, 1.807) is 12.3 Å². The minimum Gasteiger partial charge on any atom is -0.469 e. The van der Waals surface area contributed by atoms with Crippen molar-refractivity contribution in [3.05, 3.63) is 23.7 Å². The zero-order chi connectivity index (χ0) is 22.2. The van der Waals surface area contributed by atoms with Crippen LogP contribution in [-0.2, 0) is 20.9 Å². The first-order valence-electron chi connectivity index (χ1n) is 11.3. The second kappa shape index (κ2) is 15.5. The summed E-state index contributed by atoms with van der Waals surface area (Å²) in [4.78, 5) is 35.9. The standard InChI is InChI=1S/C23H39N3O4/c1-3-4-5-6-7-8-9-10-11-12-22(28)26-20(13-14-21(24)27)23(29)25-17-19-15-16-30-18(19)2/h15-16,20H,3-14,17H2,1-2H3,(H2,24,27)(H,25,29)(H,26,28)/t20-/m1/s1. The molecule has 0 aliphatic carbocycles. The molecule has 0 aliphatic rings. The van der Waals surface area contributed by atoms with Gasteiger partial charge in [0.05, 0.1) is 6.26 Å². The molecule has 1 heterocycles. The summed E-state index contributed by atoms with van der Waals surface area (Å²) in [7, 11) is 0. The average Bonchev–Trinajstić information content (AvgIpc) is 3.12. The summed E-state index contributed by atoms with van der Waals surface area (Å²) < 4.78 is 5.22. The zero-order valence-corrected chi connectivity index (χ0v) is 18.6. The van der Waals surface area contributed by atoms with Crippen LogP contribution in [0.5, 0.6) is 0 Å². The number of carbonyl (C=O) groups excluding carboxylic acids is 3. The van der Waals surface area contributed by atoms with Crippen LogP contribution in [0.15, 0.2) is 16.7 Å². The maximum absolute atomic E-state index is 12.5. The van der Waals surface area contributed by atoms with Crippen molar-refractivity contribution in [2.24, 2.45) is 5.73 Å². The third-order valence-corrected chi connectivity index (χ3v) is 5.26. The SMILES string of the molecule is CCCCCCCCCCCC(=O)N[C@H](CCC(N)=O)C(=O)NCc1ccoc1C. The second-order valence-electron chi connectivity index (χ2n) is 7.92. The van der Waals surface area contributed by atoms with Crippen LogP contribution >= 0.6 is 0 Å². The lowest BCUT2D eigenvalue weighted by atomic mass is 10.1. The monoisotopic (exact) mass is 421 g/mol. The van der Waals surface area contributed by atoms with Crippen LogP contribution in [0.1, 0.15) is 95.3 Å². The molecule has 1 aromatic heterocycles. The Kier molecular flexibility index (Phi) is 13.3. The van der Waals surface area contributed by atoms with Gasteiger partial charge in [0.1, 0.15) is 11.8 Å². The van der Waals surface area contributed by atoms with Crippen LogP contribution in [0.4, 0.5) is 0 Å². The van der Waals surface area contributed by atoms with Gasteiger partial charge >= 0.3 is 0 Å². The molecule has 0 saturated heterocycles. The number of hydrogen-bond donors (Lipinski definition) is 3. The molecule has 7 nitrogen and oxygen atoms in total. The first-order valence-corrected chi connectivity index (χ1v) is 11.3. The maximum Gasteiger partial charge on any atom is 0.242 e. The molecule has 1 aromatic rings. The fourth-order valence-electron chi connectivity index (χ4n) is 3.32. The molecule has 0 fully saturated rings. The normalized spacial score (nSPS) is 11.8. The highest BCUT2D eigenvalue weighted by Crippen LogP contribution is 2.11. The number of primary amides is 1. The summed E-state index contributed by atoms with van der Waals surface area (Å²) in [5.74, 6) is -0.246. The first kappa shape index (κ1) is 25.7. The molecule has 4 N–H and O–H groups in total.